The van der Waals surface area contributed by atoms with Crippen molar-refractivity contribution in [2.24, 2.45) is 0 Å². The molecule has 2 atom stereocenters. The Morgan fingerprint density at radius 1 is 1.11 bits per heavy atom. The molecular weight excluding hydrogens is 252 g/mol. The molecule has 0 rings (SSSR count). The van der Waals surface area contributed by atoms with Gasteiger partial charge in [0.05, 0.1) is 0 Å². The maximum Gasteiger partial charge on any atom is 0.325 e. The van der Waals surface area contributed by atoms with E-state index in [4.69, 9.17) is 10.2 Å². The third-order valence-corrected chi connectivity index (χ3v) is 2.31. The highest BCUT2D eigenvalue weighted by molar-refractivity contribution is 5.83. The van der Waals surface area contributed by atoms with E-state index in [1.54, 1.807) is 0 Å². The van der Waals surface area contributed by atoms with Crippen LogP contribution in [0.5, 0.6) is 0 Å². The predicted molar refractivity (Wildman–Crippen MR) is 68.8 cm³/mol. The molecule has 110 valence electrons. The zero-order valence-corrected chi connectivity index (χ0v) is 11.7. The van der Waals surface area contributed by atoms with Crippen molar-refractivity contribution in [2.75, 3.05) is 0 Å². The number of rotatable bonds is 7. The molecule has 1 amide bonds. The molecule has 0 spiro atoms. The lowest BCUT2D eigenvalue weighted by atomic mass is 10.0. The van der Waals surface area contributed by atoms with E-state index in [0.717, 1.165) is 0 Å². The van der Waals surface area contributed by atoms with E-state index in [0.29, 0.717) is 0 Å². The van der Waals surface area contributed by atoms with Crippen LogP contribution in [0, 0.1) is 0 Å². The van der Waals surface area contributed by atoms with Crippen molar-refractivity contribution in [3.8, 4) is 0 Å². The first-order valence-corrected chi connectivity index (χ1v) is 6.05. The molecule has 0 aromatic rings. The Balaban J connectivity index is 4.30. The van der Waals surface area contributed by atoms with Gasteiger partial charge in [0.15, 0.2) is 0 Å². The van der Waals surface area contributed by atoms with Crippen LogP contribution in [0.15, 0.2) is 0 Å². The number of carboxylic acid groups (broad SMARTS) is 2. The average Bonchev–Trinajstić information content (AvgIpc) is 2.21. The van der Waals surface area contributed by atoms with E-state index in [9.17, 15) is 14.4 Å². The Morgan fingerprint density at radius 3 is 2.00 bits per heavy atom. The fourth-order valence-electron chi connectivity index (χ4n) is 1.43. The molecule has 0 aromatic carbocycles. The third-order valence-electron chi connectivity index (χ3n) is 2.31. The lowest BCUT2D eigenvalue weighted by Crippen LogP contribution is -2.48. The van der Waals surface area contributed by atoms with Gasteiger partial charge in [-0.05, 0) is 34.1 Å². The largest absolute Gasteiger partial charge is 0.480 e. The van der Waals surface area contributed by atoms with Gasteiger partial charge in [0.25, 0.3) is 0 Å². The lowest BCUT2D eigenvalue weighted by Gasteiger charge is -2.25. The molecule has 7 nitrogen and oxygen atoms in total. The molecular formula is C12H22N2O5. The van der Waals surface area contributed by atoms with Crippen LogP contribution in [0.3, 0.4) is 0 Å². The second-order valence-electron chi connectivity index (χ2n) is 5.45. The fourth-order valence-corrected chi connectivity index (χ4v) is 1.43. The highest BCUT2D eigenvalue weighted by atomic mass is 16.4. The van der Waals surface area contributed by atoms with Gasteiger partial charge in [-0.25, -0.2) is 0 Å². The summed E-state index contributed by atoms with van der Waals surface area (Å²) in [6.45, 7) is 6.84. The van der Waals surface area contributed by atoms with Gasteiger partial charge in [-0.2, -0.15) is 0 Å². The van der Waals surface area contributed by atoms with Crippen LogP contribution in [0.25, 0.3) is 0 Å². The van der Waals surface area contributed by atoms with Crippen molar-refractivity contribution in [1.29, 1.82) is 0 Å². The van der Waals surface area contributed by atoms with E-state index < -0.39 is 29.9 Å². The van der Waals surface area contributed by atoms with Crippen molar-refractivity contribution in [1.82, 2.24) is 10.6 Å². The molecule has 0 bridgehead atoms. The summed E-state index contributed by atoms with van der Waals surface area (Å²) in [5.41, 5.74) is -0.381. The van der Waals surface area contributed by atoms with Crippen molar-refractivity contribution in [3.63, 3.8) is 0 Å². The number of nitrogens with one attached hydrogen (secondary N) is 2. The van der Waals surface area contributed by atoms with E-state index >= 15 is 0 Å². The van der Waals surface area contributed by atoms with Crippen LogP contribution in [-0.4, -0.2) is 45.7 Å². The summed E-state index contributed by atoms with van der Waals surface area (Å²) < 4.78 is 0. The quantitative estimate of drug-likeness (QED) is 0.527. The summed E-state index contributed by atoms with van der Waals surface area (Å²) in [5.74, 6) is -2.64. The van der Waals surface area contributed by atoms with Crippen LogP contribution in [0.2, 0.25) is 0 Å². The second kappa shape index (κ2) is 7.08. The molecule has 0 aliphatic carbocycles. The molecule has 0 aliphatic rings. The maximum atomic E-state index is 11.5. The van der Waals surface area contributed by atoms with Crippen molar-refractivity contribution in [3.05, 3.63) is 0 Å². The molecule has 4 N–H and O–H groups in total. The SMILES string of the molecule is C[C@@H](NC(=O)CC[C@H](NC(C)(C)C)C(=O)O)C(=O)O. The highest BCUT2D eigenvalue weighted by Crippen LogP contribution is 2.06. The summed E-state index contributed by atoms with van der Waals surface area (Å²) >= 11 is 0. The van der Waals surface area contributed by atoms with Gasteiger partial charge >= 0.3 is 11.9 Å². The first-order valence-electron chi connectivity index (χ1n) is 6.05. The monoisotopic (exact) mass is 274 g/mol. The number of hydrogen-bond acceptors (Lipinski definition) is 4. The number of carbonyl (C=O) groups is 3. The Labute approximate surface area is 112 Å². The van der Waals surface area contributed by atoms with E-state index in [1.807, 2.05) is 20.8 Å². The predicted octanol–water partition coefficient (Wildman–Crippen LogP) is 0.197. The highest BCUT2D eigenvalue weighted by Gasteiger charge is 2.24. The van der Waals surface area contributed by atoms with E-state index in [2.05, 4.69) is 10.6 Å². The standard InChI is InChI=1S/C12H22N2O5/c1-7(10(16)17)13-9(15)6-5-8(11(18)19)14-12(2,3)4/h7-8,14H,5-6H2,1-4H3,(H,13,15)(H,16,17)(H,18,19)/t7-,8+/m1/s1. The van der Waals surface area contributed by atoms with Crippen LogP contribution in [0.4, 0.5) is 0 Å². The number of amides is 1. The summed E-state index contributed by atoms with van der Waals surface area (Å²) in [4.78, 5) is 33.0. The van der Waals surface area contributed by atoms with Gasteiger partial charge in [-0.15, -0.1) is 0 Å². The van der Waals surface area contributed by atoms with Crippen LogP contribution < -0.4 is 10.6 Å². The smallest absolute Gasteiger partial charge is 0.325 e. The Bertz CT molecular complexity index is 349. The van der Waals surface area contributed by atoms with Crippen LogP contribution >= 0.6 is 0 Å². The summed E-state index contributed by atoms with van der Waals surface area (Å²) in [7, 11) is 0. The van der Waals surface area contributed by atoms with Gasteiger partial charge in [-0.1, -0.05) is 0 Å². The average molecular weight is 274 g/mol. The van der Waals surface area contributed by atoms with Gasteiger partial charge < -0.3 is 15.5 Å². The Hall–Kier alpha value is -1.63. The molecule has 0 unspecified atom stereocenters. The minimum atomic E-state index is -1.13. The molecule has 0 heterocycles. The minimum absolute atomic E-state index is 0.0440. The summed E-state index contributed by atoms with van der Waals surface area (Å²) in [6.07, 6.45) is 0.0580. The molecule has 19 heavy (non-hydrogen) atoms. The molecule has 0 aliphatic heterocycles. The lowest BCUT2D eigenvalue weighted by molar-refractivity contribution is -0.142. The number of hydrogen-bond donors (Lipinski definition) is 4. The third kappa shape index (κ3) is 8.15. The summed E-state index contributed by atoms with van der Waals surface area (Å²) in [5, 5.41) is 22.8. The molecule has 0 saturated carbocycles. The second-order valence-corrected chi connectivity index (χ2v) is 5.45. The van der Waals surface area contributed by atoms with E-state index in [-0.39, 0.29) is 18.4 Å². The molecule has 7 heteroatoms. The van der Waals surface area contributed by atoms with Crippen LogP contribution in [-0.2, 0) is 14.4 Å². The Morgan fingerprint density at radius 2 is 1.63 bits per heavy atom. The van der Waals surface area contributed by atoms with Gasteiger partial charge in [0.1, 0.15) is 12.1 Å². The number of aliphatic carboxylic acids is 2. The minimum Gasteiger partial charge on any atom is -0.480 e. The first kappa shape index (κ1) is 17.4. The maximum absolute atomic E-state index is 11.5. The van der Waals surface area contributed by atoms with Crippen molar-refractivity contribution < 1.29 is 24.6 Å². The van der Waals surface area contributed by atoms with Crippen molar-refractivity contribution in [2.45, 2.75) is 58.2 Å². The number of carboxylic acids is 2. The zero-order chi connectivity index (χ0) is 15.2. The van der Waals surface area contributed by atoms with Gasteiger partial charge in [0.2, 0.25) is 5.91 Å². The summed E-state index contributed by atoms with van der Waals surface area (Å²) in [6, 6.07) is -1.82. The topological polar surface area (TPSA) is 116 Å². The van der Waals surface area contributed by atoms with Crippen molar-refractivity contribution >= 4 is 17.8 Å². The first-order chi connectivity index (χ1) is 8.53. The van der Waals surface area contributed by atoms with Gasteiger partial charge in [-0.3, -0.25) is 19.7 Å². The number of carbonyl (C=O) groups excluding carboxylic acids is 1. The van der Waals surface area contributed by atoms with Crippen LogP contribution in [0.1, 0.15) is 40.5 Å². The molecule has 0 aromatic heterocycles. The zero-order valence-electron chi connectivity index (χ0n) is 11.7. The van der Waals surface area contributed by atoms with E-state index in [1.165, 1.54) is 6.92 Å². The Kier molecular flexibility index (Phi) is 6.47. The van der Waals surface area contributed by atoms with Gasteiger partial charge in [0, 0.05) is 12.0 Å². The molecule has 0 radical (unpaired) electrons. The molecule has 0 saturated heterocycles. The fraction of sp³-hybridized carbons (Fsp3) is 0.750. The molecule has 0 fully saturated rings. The normalized spacial score (nSPS) is 14.5.